The zero-order chi connectivity index (χ0) is 22.1. The summed E-state index contributed by atoms with van der Waals surface area (Å²) in [5.41, 5.74) is 0.186. The van der Waals surface area contributed by atoms with Crippen molar-refractivity contribution in [3.8, 4) is 0 Å². The minimum Gasteiger partial charge on any atom is -0.455 e. The predicted octanol–water partition coefficient (Wildman–Crippen LogP) is 5.31. The van der Waals surface area contributed by atoms with Crippen LogP contribution in [0.25, 0.3) is 0 Å². The van der Waals surface area contributed by atoms with Gasteiger partial charge in [-0.15, -0.1) is 0 Å². The topological polar surface area (TPSA) is 61.8 Å². The smallest absolute Gasteiger partial charge is 0.333 e. The van der Waals surface area contributed by atoms with Crippen LogP contribution in [-0.2, 0) is 23.8 Å². The van der Waals surface area contributed by atoms with Gasteiger partial charge in [0.05, 0.1) is 6.61 Å². The van der Waals surface area contributed by atoms with Gasteiger partial charge in [-0.1, -0.05) is 26.7 Å². The van der Waals surface area contributed by atoms with Crippen LogP contribution in [0.2, 0.25) is 0 Å². The second-order valence-electron chi connectivity index (χ2n) is 8.44. The Balaban J connectivity index is 0.000000296. The van der Waals surface area contributed by atoms with Gasteiger partial charge in [0.25, 0.3) is 0 Å². The molecule has 0 radical (unpaired) electrons. The van der Waals surface area contributed by atoms with Crippen LogP contribution in [0, 0.1) is 5.92 Å². The Labute approximate surface area is 176 Å². The molecule has 0 N–H and O–H groups in total. The third-order valence-electron chi connectivity index (χ3n) is 5.88. The first-order valence-electron chi connectivity index (χ1n) is 10.5. The Kier molecular flexibility index (Phi) is 9.84. The Morgan fingerprint density at radius 2 is 1.38 bits per heavy atom. The number of carbonyl (C=O) groups is 2. The molecule has 2 aliphatic carbocycles. The standard InChI is InChI=1S/C13H22O3.C11H16O2/c1-10(2)12(14)16-13(7-5-6-8-13)11(3)9-15-4;1-4-11(7-5-6-8-11)13-10(12)9(2)3/h11H,1,5-9H2,2-4H3;4H,1-2,5-8H2,3H3. The highest BCUT2D eigenvalue weighted by atomic mass is 16.6. The van der Waals surface area contributed by atoms with Crippen LogP contribution in [0.15, 0.2) is 37.0 Å². The van der Waals surface area contributed by atoms with Crippen molar-refractivity contribution in [1.29, 1.82) is 0 Å². The molecule has 1 atom stereocenters. The molecule has 5 nitrogen and oxygen atoms in total. The molecule has 2 rings (SSSR count). The summed E-state index contributed by atoms with van der Waals surface area (Å²) in [4.78, 5) is 22.9. The van der Waals surface area contributed by atoms with Crippen LogP contribution in [0.1, 0.15) is 72.1 Å². The molecule has 2 fully saturated rings. The van der Waals surface area contributed by atoms with Crippen LogP contribution in [0.3, 0.4) is 0 Å². The van der Waals surface area contributed by atoms with Gasteiger partial charge in [-0.2, -0.15) is 0 Å². The first kappa shape index (κ1) is 25.2. The molecular weight excluding hydrogens is 368 g/mol. The molecule has 0 aromatic rings. The van der Waals surface area contributed by atoms with Crippen molar-refractivity contribution < 1.29 is 23.8 Å². The zero-order valence-electron chi connectivity index (χ0n) is 18.7. The Morgan fingerprint density at radius 1 is 0.931 bits per heavy atom. The van der Waals surface area contributed by atoms with Crippen LogP contribution >= 0.6 is 0 Å². The van der Waals surface area contributed by atoms with Gasteiger partial charge in [-0.25, -0.2) is 9.59 Å². The maximum atomic E-state index is 11.7. The van der Waals surface area contributed by atoms with E-state index in [1.54, 1.807) is 27.0 Å². The first-order valence-corrected chi connectivity index (χ1v) is 10.5. The predicted molar refractivity (Wildman–Crippen MR) is 115 cm³/mol. The summed E-state index contributed by atoms with van der Waals surface area (Å²) in [6, 6.07) is 0. The highest BCUT2D eigenvalue weighted by Crippen LogP contribution is 2.40. The number of hydrogen-bond donors (Lipinski definition) is 0. The van der Waals surface area contributed by atoms with E-state index in [0.29, 0.717) is 17.8 Å². The Morgan fingerprint density at radius 3 is 1.79 bits per heavy atom. The molecule has 164 valence electrons. The second-order valence-corrected chi connectivity index (χ2v) is 8.44. The van der Waals surface area contributed by atoms with Gasteiger partial charge < -0.3 is 14.2 Å². The van der Waals surface area contributed by atoms with Crippen LogP contribution in [0.5, 0.6) is 0 Å². The maximum absolute atomic E-state index is 11.7. The van der Waals surface area contributed by atoms with Gasteiger partial charge >= 0.3 is 11.9 Å². The van der Waals surface area contributed by atoms with Crippen molar-refractivity contribution in [1.82, 2.24) is 0 Å². The van der Waals surface area contributed by atoms with E-state index in [0.717, 1.165) is 51.4 Å². The van der Waals surface area contributed by atoms with Crippen molar-refractivity contribution in [2.75, 3.05) is 13.7 Å². The molecule has 0 bridgehead atoms. The van der Waals surface area contributed by atoms with Crippen LogP contribution < -0.4 is 0 Å². The van der Waals surface area contributed by atoms with Gasteiger partial charge in [0.1, 0.15) is 11.2 Å². The van der Waals surface area contributed by atoms with Crippen molar-refractivity contribution in [2.24, 2.45) is 5.92 Å². The van der Waals surface area contributed by atoms with Gasteiger partial charge in [0.15, 0.2) is 0 Å². The van der Waals surface area contributed by atoms with E-state index in [1.807, 2.05) is 0 Å². The highest BCUT2D eigenvalue weighted by molar-refractivity contribution is 5.87. The van der Waals surface area contributed by atoms with E-state index in [2.05, 4.69) is 26.7 Å². The Bertz CT molecular complexity index is 607. The summed E-state index contributed by atoms with van der Waals surface area (Å²) in [6.07, 6.45) is 9.89. The second kappa shape index (κ2) is 11.3. The lowest BCUT2D eigenvalue weighted by Crippen LogP contribution is -2.41. The fraction of sp³-hybridized carbons (Fsp3) is 0.667. The third kappa shape index (κ3) is 7.14. The number of rotatable bonds is 8. The van der Waals surface area contributed by atoms with E-state index >= 15 is 0 Å². The van der Waals surface area contributed by atoms with Gasteiger partial charge in [-0.3, -0.25) is 0 Å². The molecule has 1 unspecified atom stereocenters. The zero-order valence-corrected chi connectivity index (χ0v) is 18.7. The van der Waals surface area contributed by atoms with E-state index in [4.69, 9.17) is 14.2 Å². The summed E-state index contributed by atoms with van der Waals surface area (Å²) >= 11 is 0. The molecule has 0 aliphatic heterocycles. The molecule has 2 aliphatic rings. The summed E-state index contributed by atoms with van der Waals surface area (Å²) in [7, 11) is 1.68. The molecule has 0 spiro atoms. The number of methoxy groups -OCH3 is 1. The third-order valence-corrected chi connectivity index (χ3v) is 5.88. The number of ether oxygens (including phenoxy) is 3. The van der Waals surface area contributed by atoms with Gasteiger partial charge in [0.2, 0.25) is 0 Å². The van der Waals surface area contributed by atoms with Crippen molar-refractivity contribution in [2.45, 2.75) is 83.3 Å². The molecular formula is C24H38O5. The lowest BCUT2D eigenvalue weighted by molar-refractivity contribution is -0.162. The first-order chi connectivity index (χ1) is 13.6. The number of hydrogen-bond acceptors (Lipinski definition) is 5. The molecule has 5 heteroatoms. The molecule has 0 heterocycles. The lowest BCUT2D eigenvalue weighted by atomic mass is 9.87. The van der Waals surface area contributed by atoms with Crippen molar-refractivity contribution in [3.63, 3.8) is 0 Å². The molecule has 29 heavy (non-hydrogen) atoms. The molecule has 0 saturated heterocycles. The normalized spacial score (nSPS) is 20.0. The molecule has 0 amide bonds. The average Bonchev–Trinajstić information content (AvgIpc) is 3.33. The van der Waals surface area contributed by atoms with Gasteiger partial charge in [-0.05, 0) is 71.3 Å². The molecule has 0 aromatic heterocycles. The summed E-state index contributed by atoms with van der Waals surface area (Å²) in [5.74, 6) is -0.338. The minimum absolute atomic E-state index is 0.239. The SMILES string of the molecule is C=C(C)C(=O)OC1(C(C)COC)CCCC1.C=CC1(OC(=O)C(=C)C)CCCC1. The van der Waals surface area contributed by atoms with E-state index < -0.39 is 5.60 Å². The summed E-state index contributed by atoms with van der Waals surface area (Å²) in [5, 5.41) is 0. The number of carbonyl (C=O) groups excluding carboxylic acids is 2. The fourth-order valence-corrected chi connectivity index (χ4v) is 3.94. The quantitative estimate of drug-likeness (QED) is 0.311. The van der Waals surface area contributed by atoms with Crippen LogP contribution in [-0.4, -0.2) is 36.9 Å². The number of esters is 2. The van der Waals surface area contributed by atoms with E-state index in [-0.39, 0.29) is 23.5 Å². The van der Waals surface area contributed by atoms with Crippen molar-refractivity contribution >= 4 is 11.9 Å². The molecule has 0 aromatic carbocycles. The summed E-state index contributed by atoms with van der Waals surface area (Å²) < 4.78 is 16.2. The lowest BCUT2D eigenvalue weighted by Gasteiger charge is -2.34. The van der Waals surface area contributed by atoms with E-state index in [1.165, 1.54) is 0 Å². The summed E-state index contributed by atoms with van der Waals surface area (Å²) in [6.45, 7) is 17.0. The van der Waals surface area contributed by atoms with Gasteiger partial charge in [0, 0.05) is 24.2 Å². The van der Waals surface area contributed by atoms with Crippen molar-refractivity contribution in [3.05, 3.63) is 37.0 Å². The monoisotopic (exact) mass is 406 g/mol. The fourth-order valence-electron chi connectivity index (χ4n) is 3.94. The molecule has 2 saturated carbocycles. The minimum atomic E-state index is -0.407. The highest BCUT2D eigenvalue weighted by Gasteiger charge is 2.42. The average molecular weight is 407 g/mol. The maximum Gasteiger partial charge on any atom is 0.333 e. The van der Waals surface area contributed by atoms with E-state index in [9.17, 15) is 9.59 Å². The largest absolute Gasteiger partial charge is 0.455 e. The van der Waals surface area contributed by atoms with Crippen LogP contribution in [0.4, 0.5) is 0 Å². The Hall–Kier alpha value is -1.88.